The first-order valence-electron chi connectivity index (χ1n) is 9.52. The number of aromatic nitrogens is 3. The molecule has 0 saturated carbocycles. The van der Waals surface area contributed by atoms with Crippen LogP contribution < -0.4 is 16.8 Å². The molecule has 0 aromatic carbocycles. The van der Waals surface area contributed by atoms with Crippen LogP contribution in [0.3, 0.4) is 0 Å². The summed E-state index contributed by atoms with van der Waals surface area (Å²) >= 11 is 2.48. The Morgan fingerprint density at radius 2 is 2.03 bits per heavy atom. The van der Waals surface area contributed by atoms with Crippen molar-refractivity contribution in [3.05, 3.63) is 16.0 Å². The van der Waals surface area contributed by atoms with Crippen LogP contribution in [0, 0.1) is 0 Å². The van der Waals surface area contributed by atoms with E-state index in [1.807, 2.05) is 6.92 Å². The highest BCUT2D eigenvalue weighted by Crippen LogP contribution is 2.38. The molecule has 30 heavy (non-hydrogen) atoms. The molecule has 2 amide bonds. The predicted octanol–water partition coefficient (Wildman–Crippen LogP) is 1.75. The first-order valence-corrected chi connectivity index (χ1v) is 11.3. The van der Waals surface area contributed by atoms with Crippen molar-refractivity contribution in [1.29, 1.82) is 0 Å². The minimum Gasteiger partial charge on any atom is -0.468 e. The number of amides is 2. The van der Waals surface area contributed by atoms with Crippen LogP contribution in [0.4, 0.5) is 10.9 Å². The number of hydrogen-bond donors (Lipinski definition) is 3. The maximum absolute atomic E-state index is 13.1. The highest BCUT2D eigenvalue weighted by molar-refractivity contribution is 7.99. The Kier molecular flexibility index (Phi) is 6.98. The van der Waals surface area contributed by atoms with Crippen LogP contribution in [-0.4, -0.2) is 45.4 Å². The van der Waals surface area contributed by atoms with Gasteiger partial charge >= 0.3 is 5.97 Å². The summed E-state index contributed by atoms with van der Waals surface area (Å²) in [5, 5.41) is 11.5. The van der Waals surface area contributed by atoms with E-state index in [4.69, 9.17) is 11.5 Å². The van der Waals surface area contributed by atoms with Crippen molar-refractivity contribution in [3.8, 4) is 0 Å². The zero-order chi connectivity index (χ0) is 21.8. The van der Waals surface area contributed by atoms with E-state index in [2.05, 4.69) is 20.3 Å². The van der Waals surface area contributed by atoms with E-state index in [1.165, 1.54) is 23.0 Å². The third-order valence-electron chi connectivity index (χ3n) is 4.89. The van der Waals surface area contributed by atoms with Gasteiger partial charge in [0.05, 0.1) is 18.4 Å². The Hall–Kier alpha value is -2.60. The number of nitrogens with zero attached hydrogens (tertiary/aromatic N) is 3. The summed E-state index contributed by atoms with van der Waals surface area (Å²) in [6.07, 6.45) is 4.10. The number of aryl methyl sites for hydroxylation is 1. The Labute approximate surface area is 181 Å². The van der Waals surface area contributed by atoms with Gasteiger partial charge in [0.1, 0.15) is 11.0 Å². The molecule has 2 aromatic heterocycles. The lowest BCUT2D eigenvalue weighted by Crippen LogP contribution is -2.28. The highest BCUT2D eigenvalue weighted by Gasteiger charge is 2.29. The molecule has 5 N–H and O–H groups in total. The summed E-state index contributed by atoms with van der Waals surface area (Å²) < 4.78 is 6.12. The Bertz CT molecular complexity index is 970. The van der Waals surface area contributed by atoms with Crippen molar-refractivity contribution in [2.45, 2.75) is 50.2 Å². The third-order valence-corrected chi connectivity index (χ3v) is 7.02. The van der Waals surface area contributed by atoms with Gasteiger partial charge in [-0.15, -0.1) is 21.5 Å². The Morgan fingerprint density at radius 1 is 1.30 bits per heavy atom. The van der Waals surface area contributed by atoms with Gasteiger partial charge in [0, 0.05) is 4.88 Å². The number of ether oxygens (including phenoxy) is 1. The molecule has 2 aromatic rings. The molecule has 162 valence electrons. The second-order valence-corrected chi connectivity index (χ2v) is 8.82. The van der Waals surface area contributed by atoms with E-state index in [0.717, 1.165) is 47.9 Å². The zero-order valence-electron chi connectivity index (χ0n) is 16.8. The van der Waals surface area contributed by atoms with Gasteiger partial charge in [0.25, 0.3) is 5.91 Å². The van der Waals surface area contributed by atoms with Crippen molar-refractivity contribution < 1.29 is 19.1 Å². The third kappa shape index (κ3) is 4.43. The van der Waals surface area contributed by atoms with Gasteiger partial charge in [-0.05, 0) is 37.7 Å². The topological polar surface area (TPSA) is 155 Å². The fourth-order valence-corrected chi connectivity index (χ4v) is 5.58. The number of nitrogens with one attached hydrogen (secondary N) is 1. The second-order valence-electron chi connectivity index (χ2n) is 6.77. The lowest BCUT2D eigenvalue weighted by atomic mass is 9.95. The van der Waals surface area contributed by atoms with Gasteiger partial charge < -0.3 is 21.5 Å². The summed E-state index contributed by atoms with van der Waals surface area (Å²) in [4.78, 5) is 37.8. The van der Waals surface area contributed by atoms with Gasteiger partial charge in [0.15, 0.2) is 5.16 Å². The minimum absolute atomic E-state index is 0.0101. The molecular weight excluding hydrogens is 428 g/mol. The van der Waals surface area contributed by atoms with Crippen molar-refractivity contribution in [2.24, 2.45) is 5.73 Å². The standard InChI is InChI=1S/C18H24N6O4S2/c1-3-10(24-17(20)22-23-18(24)29-8-12(25)28-2)15(27)21-16-13(14(19)26)9-6-4-5-7-11(9)30-16/h10H,3-8H2,1-2H3,(H2,19,26)(H2,20,22)(H,21,27). The number of fused-ring (bicyclic) bond motifs is 1. The Balaban J connectivity index is 1.87. The van der Waals surface area contributed by atoms with Crippen LogP contribution in [0.25, 0.3) is 0 Å². The van der Waals surface area contributed by atoms with Crippen LogP contribution >= 0.6 is 23.1 Å². The largest absolute Gasteiger partial charge is 0.468 e. The van der Waals surface area contributed by atoms with Gasteiger partial charge in [-0.3, -0.25) is 19.0 Å². The molecule has 1 unspecified atom stereocenters. The number of nitrogens with two attached hydrogens (primary N) is 2. The Morgan fingerprint density at radius 3 is 2.70 bits per heavy atom. The van der Waals surface area contributed by atoms with Crippen LogP contribution in [0.15, 0.2) is 5.16 Å². The summed E-state index contributed by atoms with van der Waals surface area (Å²) in [7, 11) is 1.29. The number of nitrogen functional groups attached to an aromatic ring is 1. The minimum atomic E-state index is -0.722. The molecule has 0 radical (unpaired) electrons. The number of primary amides is 1. The van der Waals surface area contributed by atoms with Crippen LogP contribution in [0.5, 0.6) is 0 Å². The van der Waals surface area contributed by atoms with E-state index in [9.17, 15) is 14.4 Å². The highest BCUT2D eigenvalue weighted by atomic mass is 32.2. The molecule has 1 aliphatic rings. The first-order chi connectivity index (χ1) is 14.4. The summed E-state index contributed by atoms with van der Waals surface area (Å²) in [6.45, 7) is 1.83. The van der Waals surface area contributed by atoms with E-state index in [-0.39, 0.29) is 17.6 Å². The molecule has 0 fully saturated rings. The SMILES string of the molecule is CCC(C(=O)Nc1sc2c(c1C(N)=O)CCCC2)n1c(N)nnc1SCC(=O)OC. The molecule has 1 aliphatic carbocycles. The fraction of sp³-hybridized carbons (Fsp3) is 0.500. The van der Waals surface area contributed by atoms with Gasteiger partial charge in [-0.2, -0.15) is 0 Å². The number of hydrogen-bond acceptors (Lipinski definition) is 9. The van der Waals surface area contributed by atoms with Gasteiger partial charge in [0.2, 0.25) is 11.9 Å². The summed E-state index contributed by atoms with van der Waals surface area (Å²) in [5.74, 6) is -1.26. The number of rotatable bonds is 8. The van der Waals surface area contributed by atoms with Crippen molar-refractivity contribution in [2.75, 3.05) is 23.9 Å². The van der Waals surface area contributed by atoms with Crippen LogP contribution in [-0.2, 0) is 27.2 Å². The first kappa shape index (κ1) is 22.1. The number of carbonyl (C=O) groups excluding carboxylic acids is 3. The van der Waals surface area contributed by atoms with Crippen molar-refractivity contribution in [1.82, 2.24) is 14.8 Å². The molecule has 0 saturated heterocycles. The molecule has 0 spiro atoms. The molecule has 12 heteroatoms. The van der Waals surface area contributed by atoms with E-state index in [1.54, 1.807) is 0 Å². The number of anilines is 2. The van der Waals surface area contributed by atoms with E-state index < -0.39 is 17.9 Å². The smallest absolute Gasteiger partial charge is 0.316 e. The lowest BCUT2D eigenvalue weighted by Gasteiger charge is -2.19. The van der Waals surface area contributed by atoms with E-state index in [0.29, 0.717) is 22.1 Å². The average molecular weight is 453 g/mol. The number of thiophene rings is 1. The molecular formula is C18H24N6O4S2. The molecule has 3 rings (SSSR count). The average Bonchev–Trinajstić information content (AvgIpc) is 3.27. The zero-order valence-corrected chi connectivity index (χ0v) is 18.4. The van der Waals surface area contributed by atoms with Gasteiger partial charge in [-0.25, -0.2) is 0 Å². The quantitative estimate of drug-likeness (QED) is 0.404. The number of thioether (sulfide) groups is 1. The molecule has 2 heterocycles. The number of carbonyl (C=O) groups is 3. The molecule has 1 atom stereocenters. The van der Waals surface area contributed by atoms with E-state index >= 15 is 0 Å². The maximum Gasteiger partial charge on any atom is 0.316 e. The lowest BCUT2D eigenvalue weighted by molar-refractivity contribution is -0.137. The predicted molar refractivity (Wildman–Crippen MR) is 115 cm³/mol. The number of methoxy groups -OCH3 is 1. The summed E-state index contributed by atoms with van der Waals surface area (Å²) in [5.41, 5.74) is 12.9. The molecule has 0 aliphatic heterocycles. The van der Waals surface area contributed by atoms with Crippen molar-refractivity contribution in [3.63, 3.8) is 0 Å². The molecule has 10 nitrogen and oxygen atoms in total. The fourth-order valence-electron chi connectivity index (χ4n) is 3.46. The summed E-state index contributed by atoms with van der Waals surface area (Å²) in [6, 6.07) is -0.722. The van der Waals surface area contributed by atoms with Gasteiger partial charge in [-0.1, -0.05) is 18.7 Å². The van der Waals surface area contributed by atoms with Crippen LogP contribution in [0.2, 0.25) is 0 Å². The number of esters is 1. The monoisotopic (exact) mass is 452 g/mol. The van der Waals surface area contributed by atoms with Crippen LogP contribution in [0.1, 0.15) is 53.0 Å². The second kappa shape index (κ2) is 9.47. The molecule has 0 bridgehead atoms. The normalized spacial score (nSPS) is 14.1. The van der Waals surface area contributed by atoms with Crippen molar-refractivity contribution >= 4 is 51.8 Å². The maximum atomic E-state index is 13.1.